The summed E-state index contributed by atoms with van der Waals surface area (Å²) in [5, 5.41) is 3.66. The van der Waals surface area contributed by atoms with Crippen LogP contribution in [0, 0.1) is 17.8 Å². The van der Waals surface area contributed by atoms with E-state index in [2.05, 4.69) is 36.5 Å². The van der Waals surface area contributed by atoms with Crippen molar-refractivity contribution >= 4 is 5.82 Å². The van der Waals surface area contributed by atoms with E-state index in [1.165, 1.54) is 37.7 Å². The van der Waals surface area contributed by atoms with Crippen LogP contribution in [-0.2, 0) is 24.9 Å². The lowest BCUT2D eigenvalue weighted by molar-refractivity contribution is 0.262. The molecule has 1 aromatic carbocycles. The SMILES string of the molecule is CCCn1c2nc(C34CC5CC(CC3C5)C4)nc-2c2n(c1=O)C[C@@H](Cc1ccccc1)N2. The highest BCUT2D eigenvalue weighted by molar-refractivity contribution is 5.70. The van der Waals surface area contributed by atoms with Gasteiger partial charge >= 0.3 is 5.69 Å². The molecule has 4 fully saturated rings. The Morgan fingerprint density at radius 3 is 2.62 bits per heavy atom. The summed E-state index contributed by atoms with van der Waals surface area (Å²) in [5.74, 6) is 5.18. The zero-order chi connectivity index (χ0) is 21.4. The van der Waals surface area contributed by atoms with Crippen molar-refractivity contribution in [2.75, 3.05) is 5.32 Å². The van der Waals surface area contributed by atoms with Crippen LogP contribution in [0.25, 0.3) is 11.5 Å². The summed E-state index contributed by atoms with van der Waals surface area (Å²) in [6.07, 6.45) is 8.43. The first-order valence-electron chi connectivity index (χ1n) is 12.5. The quantitative estimate of drug-likeness (QED) is 0.664. The van der Waals surface area contributed by atoms with Gasteiger partial charge in [0.15, 0.2) is 5.82 Å². The Morgan fingerprint density at radius 1 is 1.09 bits per heavy atom. The highest BCUT2D eigenvalue weighted by atomic mass is 16.1. The van der Waals surface area contributed by atoms with Gasteiger partial charge in [0.2, 0.25) is 0 Å². The van der Waals surface area contributed by atoms with Crippen molar-refractivity contribution in [2.24, 2.45) is 17.8 Å². The number of imidazole rings is 1. The van der Waals surface area contributed by atoms with Gasteiger partial charge in [0, 0.05) is 24.5 Å². The first kappa shape index (κ1) is 18.9. The molecule has 4 bridgehead atoms. The van der Waals surface area contributed by atoms with Crippen molar-refractivity contribution in [2.45, 2.75) is 76.4 Å². The molecule has 32 heavy (non-hydrogen) atoms. The van der Waals surface area contributed by atoms with Gasteiger partial charge < -0.3 is 5.32 Å². The Hall–Kier alpha value is -2.63. The molecule has 3 heterocycles. The van der Waals surface area contributed by atoms with Crippen molar-refractivity contribution < 1.29 is 0 Å². The minimum Gasteiger partial charge on any atom is -0.365 e. The molecular weight excluding hydrogens is 398 g/mol. The Morgan fingerprint density at radius 2 is 1.88 bits per heavy atom. The Kier molecular flexibility index (Phi) is 3.95. The molecule has 6 nitrogen and oxygen atoms in total. The predicted molar refractivity (Wildman–Crippen MR) is 124 cm³/mol. The molecule has 0 radical (unpaired) electrons. The fourth-order valence-corrected chi connectivity index (χ4v) is 7.74. The number of nitrogens with one attached hydrogen (secondary N) is 1. The Bertz CT molecular complexity index is 1200. The standard InChI is InChI=1S/C26H31N5O/c1-2-8-30-23-21(28-24(29-23)26-13-17-9-18(14-26)11-19(26)10-17)22-27-20(15-31(22)25(30)32)12-16-6-4-3-5-7-16/h3-7,17-20,27H,2,8-15H2,1H3/t17?,18?,19?,20-,26?/m1/s1. The van der Waals surface area contributed by atoms with E-state index < -0.39 is 0 Å². The number of hydrogen-bond donors (Lipinski definition) is 1. The third kappa shape index (κ3) is 2.55. The van der Waals surface area contributed by atoms with Crippen molar-refractivity contribution in [3.63, 3.8) is 0 Å². The van der Waals surface area contributed by atoms with Crippen molar-refractivity contribution in [1.82, 2.24) is 19.1 Å². The molecule has 0 spiro atoms. The van der Waals surface area contributed by atoms with Gasteiger partial charge in [0.05, 0.1) is 0 Å². The lowest BCUT2D eigenvalue weighted by Gasteiger charge is -2.30. The molecule has 166 valence electrons. The fraction of sp³-hybridized carbons (Fsp3) is 0.577. The van der Waals surface area contributed by atoms with Crippen molar-refractivity contribution in [3.8, 4) is 11.5 Å². The minimum absolute atomic E-state index is 0.0543. The normalized spacial score (nSPS) is 32.0. The topological polar surface area (TPSA) is 64.7 Å². The summed E-state index contributed by atoms with van der Waals surface area (Å²) >= 11 is 0. The number of hydrogen-bond acceptors (Lipinski definition) is 4. The molecule has 2 unspecified atom stereocenters. The highest BCUT2D eigenvalue weighted by Crippen LogP contribution is 2.65. The molecule has 0 amide bonds. The van der Waals surface area contributed by atoms with Gasteiger partial charge in [-0.1, -0.05) is 37.3 Å². The van der Waals surface area contributed by atoms with Gasteiger partial charge in [-0.3, -0.25) is 9.13 Å². The second kappa shape index (κ2) is 6.69. The van der Waals surface area contributed by atoms with Gasteiger partial charge in [-0.25, -0.2) is 14.8 Å². The molecular formula is C26H31N5O. The minimum atomic E-state index is 0.0543. The van der Waals surface area contributed by atoms with E-state index >= 15 is 0 Å². The van der Waals surface area contributed by atoms with Crippen LogP contribution >= 0.6 is 0 Å². The summed E-state index contributed by atoms with van der Waals surface area (Å²) in [4.78, 5) is 23.9. The van der Waals surface area contributed by atoms with E-state index in [4.69, 9.17) is 9.97 Å². The molecule has 4 aliphatic carbocycles. The number of nitrogens with zero attached hydrogens (tertiary/aromatic N) is 4. The van der Waals surface area contributed by atoms with Crippen LogP contribution in [0.2, 0.25) is 0 Å². The molecule has 0 aromatic heterocycles. The van der Waals surface area contributed by atoms with Crippen LogP contribution in [0.4, 0.5) is 5.82 Å². The Balaban J connectivity index is 1.32. The molecule has 8 rings (SSSR count). The van der Waals surface area contributed by atoms with Crippen LogP contribution in [0.5, 0.6) is 0 Å². The number of benzene rings is 1. The molecule has 0 saturated heterocycles. The van der Waals surface area contributed by atoms with Crippen LogP contribution in [0.1, 0.15) is 56.8 Å². The molecule has 1 N–H and O–H groups in total. The van der Waals surface area contributed by atoms with E-state index in [1.807, 2.05) is 15.2 Å². The second-order valence-corrected chi connectivity index (χ2v) is 10.8. The largest absolute Gasteiger partial charge is 0.365 e. The maximum absolute atomic E-state index is 13.5. The van der Waals surface area contributed by atoms with Gasteiger partial charge in [-0.15, -0.1) is 0 Å². The maximum atomic E-state index is 13.5. The lowest BCUT2D eigenvalue weighted by atomic mass is 9.75. The fourth-order valence-electron chi connectivity index (χ4n) is 7.74. The molecule has 7 aliphatic rings. The zero-order valence-electron chi connectivity index (χ0n) is 18.8. The second-order valence-electron chi connectivity index (χ2n) is 10.8. The summed E-state index contributed by atoms with van der Waals surface area (Å²) in [7, 11) is 0. The number of aromatic nitrogens is 4. The first-order valence-corrected chi connectivity index (χ1v) is 12.5. The van der Waals surface area contributed by atoms with Crippen LogP contribution in [0.15, 0.2) is 35.1 Å². The summed E-state index contributed by atoms with van der Waals surface area (Å²) in [6.45, 7) is 3.50. The van der Waals surface area contributed by atoms with E-state index in [0.717, 1.165) is 53.8 Å². The van der Waals surface area contributed by atoms with Crippen LogP contribution in [-0.4, -0.2) is 25.1 Å². The third-order valence-corrected chi connectivity index (χ3v) is 8.80. The van der Waals surface area contributed by atoms with Gasteiger partial charge in [-0.05, 0) is 68.3 Å². The average Bonchev–Trinajstić information content (AvgIpc) is 3.52. The van der Waals surface area contributed by atoms with Crippen LogP contribution in [0.3, 0.4) is 0 Å². The summed E-state index contributed by atoms with van der Waals surface area (Å²) in [5.41, 5.74) is 2.41. The van der Waals surface area contributed by atoms with Gasteiger partial charge in [0.1, 0.15) is 17.3 Å². The average molecular weight is 430 g/mol. The van der Waals surface area contributed by atoms with Gasteiger partial charge in [0.25, 0.3) is 0 Å². The van der Waals surface area contributed by atoms with Crippen molar-refractivity contribution in [3.05, 3.63) is 52.2 Å². The van der Waals surface area contributed by atoms with E-state index in [0.29, 0.717) is 13.1 Å². The van der Waals surface area contributed by atoms with E-state index in [9.17, 15) is 4.79 Å². The molecule has 6 heteroatoms. The van der Waals surface area contributed by atoms with Crippen molar-refractivity contribution in [1.29, 1.82) is 0 Å². The summed E-state index contributed by atoms with van der Waals surface area (Å²) in [6, 6.07) is 10.7. The molecule has 3 aliphatic heterocycles. The van der Waals surface area contributed by atoms with Crippen LogP contribution < -0.4 is 11.0 Å². The number of anilines is 1. The van der Waals surface area contributed by atoms with E-state index in [1.54, 1.807) is 0 Å². The van der Waals surface area contributed by atoms with E-state index in [-0.39, 0.29) is 17.1 Å². The van der Waals surface area contributed by atoms with Gasteiger partial charge in [-0.2, -0.15) is 0 Å². The first-order chi connectivity index (χ1) is 15.6. The zero-order valence-corrected chi connectivity index (χ0v) is 18.8. The lowest BCUT2D eigenvalue weighted by Crippen LogP contribution is -2.32. The maximum Gasteiger partial charge on any atom is 0.331 e. The molecule has 4 saturated carbocycles. The number of fused-ring (bicyclic) bond motifs is 3. The monoisotopic (exact) mass is 429 g/mol. The summed E-state index contributed by atoms with van der Waals surface area (Å²) < 4.78 is 3.80. The predicted octanol–water partition coefficient (Wildman–Crippen LogP) is 4.07. The third-order valence-electron chi connectivity index (χ3n) is 8.80. The number of rotatable bonds is 5. The smallest absolute Gasteiger partial charge is 0.331 e. The highest BCUT2D eigenvalue weighted by Gasteiger charge is 2.60. The molecule has 1 aromatic rings. The molecule has 3 atom stereocenters. The Labute approximate surface area is 188 Å².